The van der Waals surface area contributed by atoms with Crippen molar-refractivity contribution in [3.63, 3.8) is 0 Å². The largest absolute Gasteiger partial charge is 0.355 e. The van der Waals surface area contributed by atoms with E-state index in [0.29, 0.717) is 6.04 Å². The Balaban J connectivity index is 2.08. The minimum atomic E-state index is -0.0114. The summed E-state index contributed by atoms with van der Waals surface area (Å²) in [6.45, 7) is 2.14. The summed E-state index contributed by atoms with van der Waals surface area (Å²) in [5, 5.41) is 5.97. The zero-order valence-corrected chi connectivity index (χ0v) is 8.99. The van der Waals surface area contributed by atoms with Gasteiger partial charge >= 0.3 is 0 Å². The van der Waals surface area contributed by atoms with E-state index < -0.39 is 0 Å². The smallest absolute Gasteiger partial charge is 0.252 e. The highest BCUT2D eigenvalue weighted by Crippen LogP contribution is 2.19. The van der Waals surface area contributed by atoms with E-state index in [-0.39, 0.29) is 5.91 Å². The zero-order valence-electron chi connectivity index (χ0n) is 8.99. The molecule has 0 unspecified atom stereocenters. The van der Waals surface area contributed by atoms with Crippen molar-refractivity contribution in [3.8, 4) is 0 Å². The molecule has 0 radical (unpaired) electrons. The Bertz CT molecular complexity index is 339. The van der Waals surface area contributed by atoms with Crippen molar-refractivity contribution >= 4 is 5.91 Å². The van der Waals surface area contributed by atoms with Crippen molar-refractivity contribution in [2.24, 2.45) is 0 Å². The molecule has 2 N–H and O–H groups in total. The van der Waals surface area contributed by atoms with Gasteiger partial charge in [0.1, 0.15) is 0 Å². The number of hydrogen-bond donors (Lipinski definition) is 2. The van der Waals surface area contributed by atoms with E-state index in [1.54, 1.807) is 7.05 Å². The van der Waals surface area contributed by atoms with Gasteiger partial charge < -0.3 is 15.2 Å². The molecule has 2 heterocycles. The predicted molar refractivity (Wildman–Crippen MR) is 59.0 cm³/mol. The highest BCUT2D eigenvalue weighted by atomic mass is 16.1. The standard InChI is InChI=1S/C11H17N3O/c1-12-11(15)9-4-7-14(8-9)10-2-5-13-6-3-10/h4,7-8,10,13H,2-3,5-6H2,1H3,(H,12,15). The first-order valence-corrected chi connectivity index (χ1v) is 5.41. The number of carbonyl (C=O) groups excluding carboxylic acids is 1. The molecule has 15 heavy (non-hydrogen) atoms. The van der Waals surface area contributed by atoms with Crippen molar-refractivity contribution in [1.82, 2.24) is 15.2 Å². The van der Waals surface area contributed by atoms with Crippen LogP contribution in [0.1, 0.15) is 29.2 Å². The molecule has 4 heteroatoms. The van der Waals surface area contributed by atoms with Gasteiger partial charge in [0.2, 0.25) is 0 Å². The molecule has 2 rings (SSSR count). The van der Waals surface area contributed by atoms with Gasteiger partial charge in [0.15, 0.2) is 0 Å². The van der Waals surface area contributed by atoms with Crippen LogP contribution < -0.4 is 10.6 Å². The van der Waals surface area contributed by atoms with Crippen molar-refractivity contribution in [2.75, 3.05) is 20.1 Å². The third-order valence-electron chi connectivity index (χ3n) is 2.93. The first-order valence-electron chi connectivity index (χ1n) is 5.41. The molecule has 0 aromatic carbocycles. The van der Waals surface area contributed by atoms with Crippen molar-refractivity contribution in [1.29, 1.82) is 0 Å². The quantitative estimate of drug-likeness (QED) is 0.752. The first kappa shape index (κ1) is 10.2. The average molecular weight is 207 g/mol. The molecule has 0 bridgehead atoms. The van der Waals surface area contributed by atoms with Gasteiger partial charge in [0.25, 0.3) is 5.91 Å². The maximum absolute atomic E-state index is 11.4. The molecule has 1 aliphatic heterocycles. The second-order valence-electron chi connectivity index (χ2n) is 3.91. The van der Waals surface area contributed by atoms with Gasteiger partial charge in [0.05, 0.1) is 5.56 Å². The first-order chi connectivity index (χ1) is 7.31. The summed E-state index contributed by atoms with van der Waals surface area (Å²) in [5.41, 5.74) is 0.746. The fourth-order valence-electron chi connectivity index (χ4n) is 2.02. The maximum atomic E-state index is 11.4. The lowest BCUT2D eigenvalue weighted by Gasteiger charge is -2.24. The molecule has 4 nitrogen and oxygen atoms in total. The molecule has 1 fully saturated rings. The molecule has 82 valence electrons. The van der Waals surface area contributed by atoms with Crippen LogP contribution in [0.2, 0.25) is 0 Å². The molecule has 1 aromatic rings. The van der Waals surface area contributed by atoms with Gasteiger partial charge in [-0.2, -0.15) is 0 Å². The number of nitrogens with zero attached hydrogens (tertiary/aromatic N) is 1. The molecule has 0 spiro atoms. The summed E-state index contributed by atoms with van der Waals surface area (Å²) in [6.07, 6.45) is 6.22. The molecule has 1 aliphatic rings. The van der Waals surface area contributed by atoms with Crippen LogP contribution in [-0.2, 0) is 0 Å². The Hall–Kier alpha value is -1.29. The number of hydrogen-bond acceptors (Lipinski definition) is 2. The van der Waals surface area contributed by atoms with Gasteiger partial charge in [-0.3, -0.25) is 4.79 Å². The van der Waals surface area contributed by atoms with Crippen LogP contribution in [0.15, 0.2) is 18.5 Å². The minimum Gasteiger partial charge on any atom is -0.355 e. The van der Waals surface area contributed by atoms with Gasteiger partial charge in [0, 0.05) is 25.5 Å². The van der Waals surface area contributed by atoms with Crippen LogP contribution in [0.3, 0.4) is 0 Å². The van der Waals surface area contributed by atoms with Crippen molar-refractivity contribution in [2.45, 2.75) is 18.9 Å². The fraction of sp³-hybridized carbons (Fsp3) is 0.545. The minimum absolute atomic E-state index is 0.0114. The van der Waals surface area contributed by atoms with E-state index in [1.165, 1.54) is 0 Å². The zero-order chi connectivity index (χ0) is 10.7. The van der Waals surface area contributed by atoms with E-state index >= 15 is 0 Å². The lowest BCUT2D eigenvalue weighted by molar-refractivity contribution is 0.0963. The van der Waals surface area contributed by atoms with Crippen LogP contribution in [0.5, 0.6) is 0 Å². The SMILES string of the molecule is CNC(=O)c1ccn(C2CCNCC2)c1. The maximum Gasteiger partial charge on any atom is 0.252 e. The van der Waals surface area contributed by atoms with E-state index in [1.807, 2.05) is 18.5 Å². The highest BCUT2D eigenvalue weighted by Gasteiger charge is 2.15. The number of rotatable bonds is 2. The second kappa shape index (κ2) is 4.49. The van der Waals surface area contributed by atoms with Crippen molar-refractivity contribution < 1.29 is 4.79 Å². The summed E-state index contributed by atoms with van der Waals surface area (Å²) in [7, 11) is 1.66. The van der Waals surface area contributed by atoms with E-state index in [0.717, 1.165) is 31.5 Å². The van der Waals surface area contributed by atoms with Gasteiger partial charge in [-0.1, -0.05) is 0 Å². The van der Waals surface area contributed by atoms with Gasteiger partial charge in [-0.05, 0) is 32.0 Å². The average Bonchev–Trinajstić information content (AvgIpc) is 2.78. The van der Waals surface area contributed by atoms with Gasteiger partial charge in [-0.25, -0.2) is 0 Å². The number of nitrogens with one attached hydrogen (secondary N) is 2. The normalized spacial score (nSPS) is 17.7. The fourth-order valence-corrected chi connectivity index (χ4v) is 2.02. The molecular weight excluding hydrogens is 190 g/mol. The highest BCUT2D eigenvalue weighted by molar-refractivity contribution is 5.93. The number of piperidine rings is 1. The van der Waals surface area contributed by atoms with Crippen LogP contribution in [0.4, 0.5) is 0 Å². The molecule has 0 aliphatic carbocycles. The number of amides is 1. The molecule has 0 atom stereocenters. The molecule has 0 saturated carbocycles. The Labute approximate surface area is 89.7 Å². The topological polar surface area (TPSA) is 46.1 Å². The van der Waals surface area contributed by atoms with E-state index in [4.69, 9.17) is 0 Å². The van der Waals surface area contributed by atoms with Gasteiger partial charge in [-0.15, -0.1) is 0 Å². The summed E-state index contributed by atoms with van der Waals surface area (Å²) in [4.78, 5) is 11.4. The summed E-state index contributed by atoms with van der Waals surface area (Å²) >= 11 is 0. The van der Waals surface area contributed by atoms with Crippen molar-refractivity contribution in [3.05, 3.63) is 24.0 Å². The van der Waals surface area contributed by atoms with Crippen LogP contribution in [0.25, 0.3) is 0 Å². The third kappa shape index (κ3) is 2.21. The third-order valence-corrected chi connectivity index (χ3v) is 2.93. The van der Waals surface area contributed by atoms with E-state index in [2.05, 4.69) is 15.2 Å². The Kier molecular flexibility index (Phi) is 3.06. The predicted octanol–water partition coefficient (Wildman–Crippen LogP) is 0.772. The molecule has 1 aromatic heterocycles. The van der Waals surface area contributed by atoms with Crippen LogP contribution >= 0.6 is 0 Å². The summed E-state index contributed by atoms with van der Waals surface area (Å²) < 4.78 is 2.16. The molecule has 1 amide bonds. The summed E-state index contributed by atoms with van der Waals surface area (Å²) in [5.74, 6) is -0.0114. The Morgan fingerprint density at radius 1 is 1.53 bits per heavy atom. The Morgan fingerprint density at radius 2 is 2.27 bits per heavy atom. The molecule has 1 saturated heterocycles. The monoisotopic (exact) mass is 207 g/mol. The molecular formula is C11H17N3O. The van der Waals surface area contributed by atoms with E-state index in [9.17, 15) is 4.79 Å². The Morgan fingerprint density at radius 3 is 2.93 bits per heavy atom. The number of carbonyl (C=O) groups is 1. The van der Waals surface area contributed by atoms with Crippen LogP contribution in [-0.4, -0.2) is 30.6 Å². The lowest BCUT2D eigenvalue weighted by atomic mass is 10.1. The lowest BCUT2D eigenvalue weighted by Crippen LogP contribution is -2.29. The second-order valence-corrected chi connectivity index (χ2v) is 3.91. The van der Waals surface area contributed by atoms with Crippen LogP contribution in [0, 0.1) is 0 Å². The summed E-state index contributed by atoms with van der Waals surface area (Å²) in [6, 6.07) is 2.42. The number of aromatic nitrogens is 1.